The normalized spacial score (nSPS) is 15.3. The Morgan fingerprint density at radius 1 is 0.727 bits per heavy atom. The van der Waals surface area contributed by atoms with E-state index in [0.29, 0.717) is 6.61 Å². The van der Waals surface area contributed by atoms with E-state index in [9.17, 15) is 0 Å². The number of anilines is 1. The molecule has 0 spiro atoms. The van der Waals surface area contributed by atoms with Gasteiger partial charge in [-0.3, -0.25) is 0 Å². The zero-order valence-corrected chi connectivity index (χ0v) is 24.7. The van der Waals surface area contributed by atoms with Gasteiger partial charge in [0.05, 0.1) is 6.61 Å². The summed E-state index contributed by atoms with van der Waals surface area (Å²) in [5.41, 5.74) is 6.26. The Morgan fingerprint density at radius 2 is 1.18 bits per heavy atom. The quantitative estimate of drug-likeness (QED) is 0.425. The minimum Gasteiger partial charge on any atom is -0.336 e. The zero-order chi connectivity index (χ0) is 25.5. The zero-order valence-electron chi connectivity index (χ0n) is 23.0. The summed E-state index contributed by atoms with van der Waals surface area (Å²) < 4.78 is 6.63. The molecule has 2 nitrogen and oxygen atoms in total. The summed E-state index contributed by atoms with van der Waals surface area (Å²) in [4.78, 5) is 0. The molecule has 33 heavy (non-hydrogen) atoms. The standard InChI is InChI=1S/C29H46NOPS/c1-26(2,3)22-18-23(27(4,5)6)25(24(19-22)28(7,8)9)30-32(33,29(10,11)12)31-20-21-16-14-13-15-17-21/h13-19H,20H2,1-12H3,(H,30,33)/t32-/m0/s1. The highest BCUT2D eigenvalue weighted by molar-refractivity contribution is 8.13. The van der Waals surface area contributed by atoms with E-state index in [1.54, 1.807) is 0 Å². The molecule has 2 aromatic carbocycles. The fourth-order valence-corrected chi connectivity index (χ4v) is 5.74. The van der Waals surface area contributed by atoms with Crippen molar-refractivity contribution in [3.8, 4) is 0 Å². The van der Waals surface area contributed by atoms with Crippen LogP contribution >= 0.6 is 6.42 Å². The summed E-state index contributed by atoms with van der Waals surface area (Å²) >= 11 is 6.37. The van der Waals surface area contributed by atoms with Crippen molar-refractivity contribution in [1.29, 1.82) is 0 Å². The van der Waals surface area contributed by atoms with E-state index in [0.717, 1.165) is 11.3 Å². The largest absolute Gasteiger partial charge is 0.336 e. The van der Waals surface area contributed by atoms with Crippen molar-refractivity contribution in [2.24, 2.45) is 0 Å². The molecule has 0 heterocycles. The van der Waals surface area contributed by atoms with Crippen molar-refractivity contribution in [1.82, 2.24) is 0 Å². The molecule has 0 aliphatic rings. The van der Waals surface area contributed by atoms with Crippen LogP contribution in [0.5, 0.6) is 0 Å². The summed E-state index contributed by atoms with van der Waals surface area (Å²) in [5, 5.41) is 3.69. The number of benzene rings is 2. The third-order valence-electron chi connectivity index (χ3n) is 6.02. The third-order valence-corrected chi connectivity index (χ3v) is 11.0. The first-order valence-electron chi connectivity index (χ1n) is 12.0. The van der Waals surface area contributed by atoms with Gasteiger partial charge < -0.3 is 9.61 Å². The van der Waals surface area contributed by atoms with Crippen LogP contribution in [0.4, 0.5) is 5.69 Å². The number of nitrogens with one attached hydrogen (secondary N) is 1. The van der Waals surface area contributed by atoms with E-state index in [1.807, 2.05) is 18.2 Å². The van der Waals surface area contributed by atoms with Crippen molar-refractivity contribution < 1.29 is 4.52 Å². The van der Waals surface area contributed by atoms with Gasteiger partial charge in [0.15, 0.2) is 6.42 Å². The lowest BCUT2D eigenvalue weighted by Gasteiger charge is -2.40. The van der Waals surface area contributed by atoms with Crippen molar-refractivity contribution in [2.45, 2.75) is 111 Å². The van der Waals surface area contributed by atoms with Crippen LogP contribution in [0.1, 0.15) is 105 Å². The van der Waals surface area contributed by atoms with Gasteiger partial charge in [0.1, 0.15) is 0 Å². The minimum atomic E-state index is -2.46. The molecule has 1 atom stereocenters. The average Bonchev–Trinajstić information content (AvgIpc) is 2.63. The van der Waals surface area contributed by atoms with Gasteiger partial charge in [-0.1, -0.05) is 126 Å². The molecule has 0 aromatic heterocycles. The van der Waals surface area contributed by atoms with Crippen LogP contribution in [0.3, 0.4) is 0 Å². The Kier molecular flexibility index (Phi) is 8.07. The van der Waals surface area contributed by atoms with Gasteiger partial charge >= 0.3 is 0 Å². The van der Waals surface area contributed by atoms with Gasteiger partial charge in [0.2, 0.25) is 0 Å². The SMILES string of the molecule is CC(C)(C)c1cc(C(C)(C)C)c(N[P@](=S)(OCc2ccccc2)C(C)(C)C)c(C(C)(C)C)c1. The molecule has 0 aliphatic carbocycles. The van der Waals surface area contributed by atoms with Crippen molar-refractivity contribution in [2.75, 3.05) is 5.09 Å². The lowest BCUT2D eigenvalue weighted by Crippen LogP contribution is -2.27. The van der Waals surface area contributed by atoms with Crippen molar-refractivity contribution in [3.63, 3.8) is 0 Å². The van der Waals surface area contributed by atoms with E-state index in [4.69, 9.17) is 16.3 Å². The second-order valence-corrected chi connectivity index (χ2v) is 17.8. The summed E-state index contributed by atoms with van der Waals surface area (Å²) in [6.45, 7) is 27.7. The van der Waals surface area contributed by atoms with Gasteiger partial charge in [0.25, 0.3) is 0 Å². The van der Waals surface area contributed by atoms with Gasteiger partial charge in [-0.2, -0.15) is 0 Å². The molecule has 184 valence electrons. The van der Waals surface area contributed by atoms with Crippen molar-refractivity contribution >= 4 is 23.9 Å². The molecule has 0 aliphatic heterocycles. The molecule has 0 saturated carbocycles. The Hall–Kier alpha value is -1.15. The smallest absolute Gasteiger partial charge is 0.158 e. The predicted octanol–water partition coefficient (Wildman–Crippen LogP) is 9.32. The van der Waals surface area contributed by atoms with Crippen LogP contribution in [0, 0.1) is 0 Å². The highest BCUT2D eigenvalue weighted by Gasteiger charge is 2.37. The van der Waals surface area contributed by atoms with Crippen LogP contribution in [-0.2, 0) is 39.2 Å². The molecular weight excluding hydrogens is 441 g/mol. The predicted molar refractivity (Wildman–Crippen MR) is 151 cm³/mol. The molecule has 2 aromatic rings. The first kappa shape index (κ1) is 28.1. The van der Waals surface area contributed by atoms with Crippen LogP contribution in [-0.4, -0.2) is 5.16 Å². The van der Waals surface area contributed by atoms with E-state index >= 15 is 0 Å². The molecule has 0 amide bonds. The topological polar surface area (TPSA) is 21.3 Å². The molecule has 0 saturated heterocycles. The molecule has 4 heteroatoms. The first-order chi connectivity index (χ1) is 14.8. The summed E-state index contributed by atoms with van der Waals surface area (Å²) in [6.07, 6.45) is -2.46. The summed E-state index contributed by atoms with van der Waals surface area (Å²) in [5.74, 6) is 0. The number of hydrogen-bond acceptors (Lipinski definition) is 2. The maximum absolute atomic E-state index is 6.63. The first-order valence-corrected chi connectivity index (χ1v) is 14.7. The van der Waals surface area contributed by atoms with Crippen LogP contribution in [0.15, 0.2) is 42.5 Å². The Balaban J connectivity index is 2.72. The maximum Gasteiger partial charge on any atom is 0.158 e. The monoisotopic (exact) mass is 487 g/mol. The number of hydrogen-bond donors (Lipinski definition) is 1. The molecule has 1 N–H and O–H groups in total. The molecule has 0 fully saturated rings. The summed E-state index contributed by atoms with van der Waals surface area (Å²) in [7, 11) is 0. The molecule has 0 bridgehead atoms. The Bertz CT molecular complexity index is 964. The lowest BCUT2D eigenvalue weighted by molar-refractivity contribution is 0.330. The summed E-state index contributed by atoms with van der Waals surface area (Å²) in [6, 6.07) is 15.1. The van der Waals surface area contributed by atoms with Crippen molar-refractivity contribution in [3.05, 3.63) is 64.7 Å². The van der Waals surface area contributed by atoms with Crippen LogP contribution in [0.25, 0.3) is 0 Å². The lowest BCUT2D eigenvalue weighted by atomic mass is 9.74. The molecule has 0 unspecified atom stereocenters. The van der Waals surface area contributed by atoms with Gasteiger partial charge in [0, 0.05) is 10.8 Å². The van der Waals surface area contributed by atoms with Crippen LogP contribution < -0.4 is 5.09 Å². The van der Waals surface area contributed by atoms with E-state index in [-0.39, 0.29) is 21.4 Å². The van der Waals surface area contributed by atoms with Gasteiger partial charge in [-0.05, 0) is 50.3 Å². The van der Waals surface area contributed by atoms with Gasteiger partial charge in [-0.15, -0.1) is 0 Å². The fraction of sp³-hybridized carbons (Fsp3) is 0.586. The second-order valence-electron chi connectivity index (χ2n) is 13.3. The number of rotatable bonds is 5. The van der Waals surface area contributed by atoms with E-state index < -0.39 is 6.42 Å². The highest BCUT2D eigenvalue weighted by Crippen LogP contribution is 2.60. The fourth-order valence-electron chi connectivity index (χ4n) is 3.66. The second kappa shape index (κ2) is 9.48. The molecular formula is C29H46NOPS. The van der Waals surface area contributed by atoms with E-state index in [1.165, 1.54) is 16.7 Å². The van der Waals surface area contributed by atoms with Crippen LogP contribution in [0.2, 0.25) is 0 Å². The average molecular weight is 488 g/mol. The molecule has 2 rings (SSSR count). The maximum atomic E-state index is 6.63. The third kappa shape index (κ3) is 6.93. The van der Waals surface area contributed by atoms with E-state index in [2.05, 4.69) is 112 Å². The van der Waals surface area contributed by atoms with Gasteiger partial charge in [-0.25, -0.2) is 0 Å². The molecule has 0 radical (unpaired) electrons. The highest BCUT2D eigenvalue weighted by atomic mass is 32.4. The Morgan fingerprint density at radius 3 is 1.55 bits per heavy atom. The Labute approximate surface area is 209 Å². The minimum absolute atomic E-state index is 0.0406.